The van der Waals surface area contributed by atoms with Gasteiger partial charge in [0.1, 0.15) is 13.2 Å². The minimum Gasteiger partial charge on any atom is -0.432 e. The maximum absolute atomic E-state index is 11.0. The number of ether oxygens (including phenoxy) is 4. The summed E-state index contributed by atoms with van der Waals surface area (Å²) in [6.45, 7) is 13.0. The molecule has 0 bridgehead atoms. The van der Waals surface area contributed by atoms with Crippen LogP contribution < -0.4 is 0 Å². The van der Waals surface area contributed by atoms with Crippen LogP contribution in [0.5, 0.6) is 0 Å². The fraction of sp³-hybridized carbons (Fsp3) is 0.615. The van der Waals surface area contributed by atoms with Gasteiger partial charge in [-0.2, -0.15) is 0 Å². The van der Waals surface area contributed by atoms with Gasteiger partial charge >= 0.3 is 6.16 Å². The molecule has 0 aliphatic heterocycles. The number of carbonyl (C=O) groups excluding carboxylic acids is 1. The lowest BCUT2D eigenvalue weighted by atomic mass is 10.4. The first kappa shape index (κ1) is 16.7. The van der Waals surface area contributed by atoms with Crippen LogP contribution in [0.1, 0.15) is 13.8 Å². The molecule has 0 N–H and O–H groups in total. The molecular formula is C13H22O5. The maximum Gasteiger partial charge on any atom is 0.508 e. The molecule has 0 rings (SSSR count). The van der Waals surface area contributed by atoms with E-state index in [9.17, 15) is 4.79 Å². The average Bonchev–Trinajstić information content (AvgIpc) is 2.27. The van der Waals surface area contributed by atoms with Crippen LogP contribution in [0.2, 0.25) is 0 Å². The van der Waals surface area contributed by atoms with E-state index in [-0.39, 0.29) is 13.2 Å². The number of hydrogen-bond donors (Lipinski definition) is 0. The van der Waals surface area contributed by atoms with Gasteiger partial charge in [-0.1, -0.05) is 24.3 Å². The molecule has 0 amide bonds. The molecule has 0 unspecified atom stereocenters. The average molecular weight is 258 g/mol. The third kappa shape index (κ3) is 12.7. The molecule has 0 atom stereocenters. The van der Waals surface area contributed by atoms with Crippen LogP contribution in [0.25, 0.3) is 0 Å². The second-order valence-electron chi connectivity index (χ2n) is 3.97. The summed E-state index contributed by atoms with van der Waals surface area (Å²) in [5.41, 5.74) is 1.85. The highest BCUT2D eigenvalue weighted by Crippen LogP contribution is 1.91. The molecule has 0 aliphatic carbocycles. The van der Waals surface area contributed by atoms with Crippen LogP contribution in [-0.4, -0.2) is 45.8 Å². The first-order valence-electron chi connectivity index (χ1n) is 5.76. The first-order chi connectivity index (χ1) is 8.52. The standard InChI is InChI=1S/C13H22O5/c1-11(2)9-15-5-7-17-13(14)18-8-6-16-10-12(3)4/h1,3,5-10H2,2,4H3. The van der Waals surface area contributed by atoms with Gasteiger partial charge in [-0.3, -0.25) is 0 Å². The van der Waals surface area contributed by atoms with Gasteiger partial charge in [-0.05, 0) is 13.8 Å². The van der Waals surface area contributed by atoms with Gasteiger partial charge in [0, 0.05) is 0 Å². The van der Waals surface area contributed by atoms with Crippen molar-refractivity contribution in [3.8, 4) is 0 Å². The molecular weight excluding hydrogens is 236 g/mol. The van der Waals surface area contributed by atoms with E-state index in [1.165, 1.54) is 0 Å². The van der Waals surface area contributed by atoms with Gasteiger partial charge in [0.2, 0.25) is 0 Å². The largest absolute Gasteiger partial charge is 0.508 e. The smallest absolute Gasteiger partial charge is 0.432 e. The predicted molar refractivity (Wildman–Crippen MR) is 68.6 cm³/mol. The monoisotopic (exact) mass is 258 g/mol. The van der Waals surface area contributed by atoms with Crippen molar-refractivity contribution in [2.24, 2.45) is 0 Å². The van der Waals surface area contributed by atoms with E-state index in [0.29, 0.717) is 26.4 Å². The van der Waals surface area contributed by atoms with Crippen LogP contribution in [0, 0.1) is 0 Å². The van der Waals surface area contributed by atoms with Crippen molar-refractivity contribution >= 4 is 6.16 Å². The molecule has 0 aromatic heterocycles. The Hall–Kier alpha value is -1.33. The molecule has 18 heavy (non-hydrogen) atoms. The molecule has 0 aromatic carbocycles. The van der Waals surface area contributed by atoms with Gasteiger partial charge in [0.05, 0.1) is 26.4 Å². The Labute approximate surface area is 108 Å². The van der Waals surface area contributed by atoms with Crippen molar-refractivity contribution in [2.75, 3.05) is 39.6 Å². The number of rotatable bonds is 10. The van der Waals surface area contributed by atoms with Crippen molar-refractivity contribution < 1.29 is 23.7 Å². The zero-order valence-electron chi connectivity index (χ0n) is 11.2. The molecule has 0 radical (unpaired) electrons. The van der Waals surface area contributed by atoms with Gasteiger partial charge in [0.15, 0.2) is 0 Å². The minimum atomic E-state index is -0.715. The Kier molecular flexibility index (Phi) is 10.0. The van der Waals surface area contributed by atoms with E-state index in [0.717, 1.165) is 11.1 Å². The normalized spacial score (nSPS) is 9.89. The Balaban J connectivity index is 3.27. The first-order valence-corrected chi connectivity index (χ1v) is 5.76. The molecule has 5 nitrogen and oxygen atoms in total. The maximum atomic E-state index is 11.0. The molecule has 0 aliphatic rings. The van der Waals surface area contributed by atoms with Crippen molar-refractivity contribution in [1.29, 1.82) is 0 Å². The lowest BCUT2D eigenvalue weighted by Gasteiger charge is -2.07. The molecule has 0 heterocycles. The van der Waals surface area contributed by atoms with E-state index >= 15 is 0 Å². The quantitative estimate of drug-likeness (QED) is 0.342. The summed E-state index contributed by atoms with van der Waals surface area (Å²) < 4.78 is 19.8. The highest BCUT2D eigenvalue weighted by Gasteiger charge is 2.03. The van der Waals surface area contributed by atoms with Gasteiger partial charge in [-0.15, -0.1) is 0 Å². The molecule has 0 fully saturated rings. The van der Waals surface area contributed by atoms with Gasteiger partial charge in [0.25, 0.3) is 0 Å². The van der Waals surface area contributed by atoms with Crippen LogP contribution in [0.15, 0.2) is 24.3 Å². The van der Waals surface area contributed by atoms with E-state index < -0.39 is 6.16 Å². The van der Waals surface area contributed by atoms with Crippen LogP contribution in [-0.2, 0) is 18.9 Å². The van der Waals surface area contributed by atoms with Crippen molar-refractivity contribution in [1.82, 2.24) is 0 Å². The Bertz CT molecular complexity index is 247. The van der Waals surface area contributed by atoms with Crippen LogP contribution in [0.4, 0.5) is 4.79 Å². The summed E-state index contributed by atoms with van der Waals surface area (Å²) in [6.07, 6.45) is -0.715. The second-order valence-corrected chi connectivity index (χ2v) is 3.97. The second kappa shape index (κ2) is 10.8. The highest BCUT2D eigenvalue weighted by atomic mass is 16.7. The van der Waals surface area contributed by atoms with Crippen molar-refractivity contribution in [2.45, 2.75) is 13.8 Å². The molecule has 5 heteroatoms. The van der Waals surface area contributed by atoms with Crippen molar-refractivity contribution in [3.63, 3.8) is 0 Å². The van der Waals surface area contributed by atoms with E-state index in [2.05, 4.69) is 13.2 Å². The van der Waals surface area contributed by atoms with E-state index in [1.807, 2.05) is 13.8 Å². The molecule has 0 spiro atoms. The number of hydrogen-bond acceptors (Lipinski definition) is 5. The summed E-state index contributed by atoms with van der Waals surface area (Å²) in [6, 6.07) is 0. The summed E-state index contributed by atoms with van der Waals surface area (Å²) >= 11 is 0. The molecule has 0 saturated carbocycles. The summed E-state index contributed by atoms with van der Waals surface area (Å²) in [5.74, 6) is 0. The zero-order chi connectivity index (χ0) is 13.8. The van der Waals surface area contributed by atoms with Gasteiger partial charge in [-0.25, -0.2) is 4.79 Å². The third-order valence-corrected chi connectivity index (χ3v) is 1.59. The summed E-state index contributed by atoms with van der Waals surface area (Å²) in [5, 5.41) is 0. The van der Waals surface area contributed by atoms with Crippen LogP contribution >= 0.6 is 0 Å². The lowest BCUT2D eigenvalue weighted by Crippen LogP contribution is -2.15. The lowest BCUT2D eigenvalue weighted by molar-refractivity contribution is 0.0156. The predicted octanol–water partition coefficient (Wildman–Crippen LogP) is 2.33. The SMILES string of the molecule is C=C(C)COCCOC(=O)OCCOCC(=C)C. The van der Waals surface area contributed by atoms with Gasteiger partial charge < -0.3 is 18.9 Å². The van der Waals surface area contributed by atoms with Crippen LogP contribution in [0.3, 0.4) is 0 Å². The topological polar surface area (TPSA) is 54.0 Å². The number of carbonyl (C=O) groups is 1. The highest BCUT2D eigenvalue weighted by molar-refractivity contribution is 5.59. The Morgan fingerprint density at radius 2 is 1.22 bits per heavy atom. The summed E-state index contributed by atoms with van der Waals surface area (Å²) in [4.78, 5) is 11.0. The summed E-state index contributed by atoms with van der Waals surface area (Å²) in [7, 11) is 0. The minimum absolute atomic E-state index is 0.165. The zero-order valence-corrected chi connectivity index (χ0v) is 11.2. The molecule has 0 aromatic rings. The van der Waals surface area contributed by atoms with E-state index in [1.54, 1.807) is 0 Å². The molecule has 0 saturated heterocycles. The molecule has 104 valence electrons. The Morgan fingerprint density at radius 3 is 1.56 bits per heavy atom. The fourth-order valence-corrected chi connectivity index (χ4v) is 0.902. The Morgan fingerprint density at radius 1 is 0.833 bits per heavy atom. The third-order valence-electron chi connectivity index (χ3n) is 1.59. The fourth-order valence-electron chi connectivity index (χ4n) is 0.902. The van der Waals surface area contributed by atoms with E-state index in [4.69, 9.17) is 18.9 Å². The van der Waals surface area contributed by atoms with Crippen molar-refractivity contribution in [3.05, 3.63) is 24.3 Å².